The molecule has 0 atom stereocenters. The summed E-state index contributed by atoms with van der Waals surface area (Å²) in [7, 11) is 0. The molecule has 1 aliphatic heterocycles. The number of hydrogen-bond acceptors (Lipinski definition) is 4. The molecular formula is C23H24FN5O. The maximum Gasteiger partial charge on any atom is 0.258 e. The molecule has 3 aromatic rings. The zero-order valence-corrected chi connectivity index (χ0v) is 16.6. The number of nitrogens with one attached hydrogen (secondary N) is 1. The Morgan fingerprint density at radius 3 is 2.67 bits per heavy atom. The van der Waals surface area contributed by atoms with Gasteiger partial charge in [0.1, 0.15) is 11.6 Å². The Morgan fingerprint density at radius 1 is 1.13 bits per heavy atom. The molecule has 1 N–H and O–H groups in total. The van der Waals surface area contributed by atoms with Crippen LogP contribution in [0.1, 0.15) is 34.8 Å². The molecule has 4 rings (SSSR count). The van der Waals surface area contributed by atoms with E-state index in [4.69, 9.17) is 0 Å². The molecular weight excluding hydrogens is 381 g/mol. The van der Waals surface area contributed by atoms with Crippen LogP contribution in [-0.4, -0.2) is 45.2 Å². The summed E-state index contributed by atoms with van der Waals surface area (Å²) in [6.45, 7) is 2.76. The molecule has 0 spiro atoms. The highest BCUT2D eigenvalue weighted by atomic mass is 19.1. The Morgan fingerprint density at radius 2 is 1.93 bits per heavy atom. The van der Waals surface area contributed by atoms with Crippen molar-refractivity contribution in [1.29, 1.82) is 0 Å². The third kappa shape index (κ3) is 4.99. The van der Waals surface area contributed by atoms with Gasteiger partial charge in [0.15, 0.2) is 0 Å². The predicted octanol–water partition coefficient (Wildman–Crippen LogP) is 4.02. The number of rotatable bonds is 6. The van der Waals surface area contributed by atoms with Gasteiger partial charge in [-0.25, -0.2) is 9.07 Å². The van der Waals surface area contributed by atoms with Gasteiger partial charge in [0.2, 0.25) is 0 Å². The Kier molecular flexibility index (Phi) is 6.29. The van der Waals surface area contributed by atoms with Gasteiger partial charge in [-0.15, -0.1) is 0 Å². The summed E-state index contributed by atoms with van der Waals surface area (Å²) in [5.41, 5.74) is 1.52. The van der Waals surface area contributed by atoms with Gasteiger partial charge in [-0.2, -0.15) is 5.10 Å². The number of likely N-dealkylation sites (tertiary alicyclic amines) is 1. The van der Waals surface area contributed by atoms with E-state index >= 15 is 0 Å². The third-order valence-corrected chi connectivity index (χ3v) is 5.28. The molecule has 0 unspecified atom stereocenters. The highest BCUT2D eigenvalue weighted by Crippen LogP contribution is 2.25. The van der Waals surface area contributed by atoms with E-state index in [0.717, 1.165) is 38.0 Å². The number of aromatic nitrogens is 3. The monoisotopic (exact) mass is 405 g/mol. The highest BCUT2D eigenvalue weighted by molar-refractivity contribution is 6.03. The van der Waals surface area contributed by atoms with Crippen molar-refractivity contribution < 1.29 is 9.18 Å². The van der Waals surface area contributed by atoms with E-state index in [9.17, 15) is 9.18 Å². The minimum absolute atomic E-state index is 0.187. The number of piperidine rings is 1. The molecule has 1 aliphatic rings. The van der Waals surface area contributed by atoms with Gasteiger partial charge in [-0.1, -0.05) is 24.3 Å². The lowest BCUT2D eigenvalue weighted by molar-refractivity contribution is 0.102. The summed E-state index contributed by atoms with van der Waals surface area (Å²) in [4.78, 5) is 18.8. The lowest BCUT2D eigenvalue weighted by Gasteiger charge is -2.32. The van der Waals surface area contributed by atoms with Crippen LogP contribution in [0.5, 0.6) is 0 Å². The van der Waals surface area contributed by atoms with Crippen LogP contribution in [0.15, 0.2) is 67.1 Å². The number of benzene rings is 1. The second kappa shape index (κ2) is 9.45. The summed E-state index contributed by atoms with van der Waals surface area (Å²) in [6, 6.07) is 12.1. The van der Waals surface area contributed by atoms with Crippen molar-refractivity contribution in [2.45, 2.75) is 18.9 Å². The Labute approximate surface area is 175 Å². The van der Waals surface area contributed by atoms with Gasteiger partial charge in [-0.3, -0.25) is 14.7 Å². The summed E-state index contributed by atoms with van der Waals surface area (Å²) in [6.07, 6.45) is 11.0. The molecule has 0 bridgehead atoms. The Balaban J connectivity index is 1.30. The number of amides is 1. The van der Waals surface area contributed by atoms with E-state index < -0.39 is 0 Å². The van der Waals surface area contributed by atoms with Crippen LogP contribution in [-0.2, 0) is 0 Å². The van der Waals surface area contributed by atoms with Crippen molar-refractivity contribution in [2.24, 2.45) is 0 Å². The topological polar surface area (TPSA) is 63.1 Å². The Hall–Kier alpha value is -3.32. The summed E-state index contributed by atoms with van der Waals surface area (Å²) in [5.74, 6) is 0.301. The number of halogens is 1. The average molecular weight is 405 g/mol. The fourth-order valence-corrected chi connectivity index (χ4v) is 3.65. The van der Waals surface area contributed by atoms with E-state index in [0.29, 0.717) is 11.4 Å². The normalized spacial score (nSPS) is 15.5. The second-order valence-electron chi connectivity index (χ2n) is 7.34. The molecule has 0 radical (unpaired) electrons. The first-order valence-corrected chi connectivity index (χ1v) is 10.1. The number of anilines is 1. The summed E-state index contributed by atoms with van der Waals surface area (Å²) in [5, 5.41) is 7.39. The summed E-state index contributed by atoms with van der Waals surface area (Å²) >= 11 is 0. The fraction of sp³-hybridized carbons (Fsp3) is 0.261. The van der Waals surface area contributed by atoms with E-state index in [-0.39, 0.29) is 17.8 Å². The van der Waals surface area contributed by atoms with Gasteiger partial charge in [0.05, 0.1) is 17.8 Å². The molecule has 154 valence electrons. The molecule has 1 aromatic carbocycles. The number of pyridine rings is 1. The van der Waals surface area contributed by atoms with Crippen LogP contribution in [0.4, 0.5) is 10.2 Å². The number of carbonyl (C=O) groups is 1. The minimum Gasteiger partial charge on any atom is -0.307 e. The van der Waals surface area contributed by atoms with E-state index in [2.05, 4.69) is 26.4 Å². The maximum atomic E-state index is 13.0. The van der Waals surface area contributed by atoms with Crippen LogP contribution in [0, 0.1) is 5.82 Å². The lowest BCUT2D eigenvalue weighted by atomic mass is 10.1. The van der Waals surface area contributed by atoms with Crippen molar-refractivity contribution in [2.75, 3.05) is 25.0 Å². The molecule has 6 nitrogen and oxygen atoms in total. The molecule has 30 heavy (non-hydrogen) atoms. The lowest BCUT2D eigenvalue weighted by Crippen LogP contribution is -2.35. The highest BCUT2D eigenvalue weighted by Gasteiger charge is 2.22. The van der Waals surface area contributed by atoms with Crippen molar-refractivity contribution in [1.82, 2.24) is 19.7 Å². The van der Waals surface area contributed by atoms with Crippen molar-refractivity contribution in [3.63, 3.8) is 0 Å². The number of nitrogens with zero attached hydrogens (tertiary/aromatic N) is 4. The van der Waals surface area contributed by atoms with Gasteiger partial charge in [-0.05, 0) is 42.7 Å². The van der Waals surface area contributed by atoms with Crippen LogP contribution >= 0.6 is 0 Å². The minimum atomic E-state index is -0.219. The molecule has 0 saturated carbocycles. The molecule has 2 aromatic heterocycles. The molecule has 1 fully saturated rings. The van der Waals surface area contributed by atoms with Crippen LogP contribution in [0.25, 0.3) is 6.08 Å². The largest absolute Gasteiger partial charge is 0.307 e. The van der Waals surface area contributed by atoms with Gasteiger partial charge >= 0.3 is 0 Å². The van der Waals surface area contributed by atoms with Crippen molar-refractivity contribution in [3.8, 4) is 0 Å². The van der Waals surface area contributed by atoms with E-state index in [1.807, 2.05) is 16.8 Å². The zero-order chi connectivity index (χ0) is 20.8. The number of hydrogen-bond donors (Lipinski definition) is 1. The van der Waals surface area contributed by atoms with E-state index in [1.54, 1.807) is 42.9 Å². The van der Waals surface area contributed by atoms with Gasteiger partial charge < -0.3 is 5.32 Å². The average Bonchev–Trinajstić information content (AvgIpc) is 3.24. The second-order valence-corrected chi connectivity index (χ2v) is 7.34. The third-order valence-electron chi connectivity index (χ3n) is 5.28. The first kappa shape index (κ1) is 20.0. The molecule has 0 aliphatic carbocycles. The molecule has 1 amide bonds. The van der Waals surface area contributed by atoms with Gasteiger partial charge in [0, 0.05) is 38.1 Å². The quantitative estimate of drug-likeness (QED) is 0.673. The van der Waals surface area contributed by atoms with Crippen LogP contribution < -0.4 is 5.32 Å². The standard InChI is InChI=1S/C23H24FN5O/c24-20-7-5-18(6-8-20)3-2-14-28-15-10-21(11-16-28)29-22(9-13-26-29)27-23(30)19-4-1-12-25-17-19/h1-9,12-13,17,21H,10-11,14-16H2,(H,27,30)/b3-2+. The fourth-order valence-electron chi connectivity index (χ4n) is 3.65. The molecule has 1 saturated heterocycles. The van der Waals surface area contributed by atoms with E-state index in [1.165, 1.54) is 12.1 Å². The maximum absolute atomic E-state index is 13.0. The summed E-state index contributed by atoms with van der Waals surface area (Å²) < 4.78 is 14.9. The van der Waals surface area contributed by atoms with Gasteiger partial charge in [0.25, 0.3) is 5.91 Å². The van der Waals surface area contributed by atoms with Crippen LogP contribution in [0.2, 0.25) is 0 Å². The SMILES string of the molecule is O=C(Nc1ccnn1C1CCN(C/C=C/c2ccc(F)cc2)CC1)c1cccnc1. The smallest absolute Gasteiger partial charge is 0.258 e. The van der Waals surface area contributed by atoms with Crippen LogP contribution in [0.3, 0.4) is 0 Å². The Bertz CT molecular complexity index is 992. The number of carbonyl (C=O) groups excluding carboxylic acids is 1. The first-order valence-electron chi connectivity index (χ1n) is 10.1. The van der Waals surface area contributed by atoms with Crippen molar-refractivity contribution >= 4 is 17.8 Å². The predicted molar refractivity (Wildman–Crippen MR) is 115 cm³/mol. The molecule has 7 heteroatoms. The van der Waals surface area contributed by atoms with Crippen molar-refractivity contribution in [3.05, 3.63) is 84.1 Å². The first-order chi connectivity index (χ1) is 14.7. The zero-order valence-electron chi connectivity index (χ0n) is 16.6. The molecule has 3 heterocycles.